The predicted octanol–water partition coefficient (Wildman–Crippen LogP) is 3.85. The molecule has 0 aliphatic heterocycles. The quantitative estimate of drug-likeness (QED) is 0.687. The van der Waals surface area contributed by atoms with Crippen molar-refractivity contribution in [3.05, 3.63) is 59.4 Å². The highest BCUT2D eigenvalue weighted by molar-refractivity contribution is 6.31. The number of anilines is 1. The van der Waals surface area contributed by atoms with Gasteiger partial charge in [-0.2, -0.15) is 0 Å². The Balaban J connectivity index is 1.59. The first-order valence-electron chi connectivity index (χ1n) is 8.81. The van der Waals surface area contributed by atoms with Crippen molar-refractivity contribution in [3.8, 4) is 0 Å². The normalized spacial score (nSPS) is 10.9. The van der Waals surface area contributed by atoms with Gasteiger partial charge in [0.2, 0.25) is 5.91 Å². The molecule has 0 atom stereocenters. The molecule has 0 spiro atoms. The summed E-state index contributed by atoms with van der Waals surface area (Å²) in [6.07, 6.45) is 3.72. The number of hydrogen-bond donors (Lipinski definition) is 1. The van der Waals surface area contributed by atoms with E-state index in [0.29, 0.717) is 11.6 Å². The second-order valence-corrected chi connectivity index (χ2v) is 6.56. The highest BCUT2D eigenvalue weighted by atomic mass is 35.5. The summed E-state index contributed by atoms with van der Waals surface area (Å²) in [4.78, 5) is 19.0. The zero-order valence-corrected chi connectivity index (χ0v) is 15.8. The minimum atomic E-state index is -0.0460. The minimum Gasteiger partial charge on any atom is -0.357 e. The van der Waals surface area contributed by atoms with E-state index in [1.165, 1.54) is 0 Å². The molecule has 0 aliphatic carbocycles. The van der Waals surface area contributed by atoms with Gasteiger partial charge >= 0.3 is 0 Å². The van der Waals surface area contributed by atoms with E-state index in [0.717, 1.165) is 35.4 Å². The van der Waals surface area contributed by atoms with Gasteiger partial charge < -0.3 is 14.8 Å². The van der Waals surface area contributed by atoms with E-state index in [2.05, 4.69) is 29.0 Å². The lowest BCUT2D eigenvalue weighted by Gasteiger charge is -2.19. The maximum Gasteiger partial charge on any atom is 0.240 e. The summed E-state index contributed by atoms with van der Waals surface area (Å²) in [5.74, 6) is 0.913. The van der Waals surface area contributed by atoms with Crippen molar-refractivity contribution in [3.63, 3.8) is 0 Å². The lowest BCUT2D eigenvalue weighted by Crippen LogP contribution is -2.27. The van der Waals surface area contributed by atoms with Gasteiger partial charge in [-0.3, -0.25) is 4.79 Å². The van der Waals surface area contributed by atoms with E-state index in [-0.39, 0.29) is 12.5 Å². The van der Waals surface area contributed by atoms with E-state index < -0.39 is 0 Å². The molecule has 0 saturated heterocycles. The molecule has 3 aromatic rings. The highest BCUT2D eigenvalue weighted by Crippen LogP contribution is 2.20. The SMILES string of the molecule is CCN(CC)c1ccc(CNC(=O)Cn2ccc3ccc(Cl)cc32)cn1. The molecule has 0 saturated carbocycles. The average Bonchev–Trinajstić information content (AvgIpc) is 3.04. The van der Waals surface area contributed by atoms with Crippen LogP contribution in [0.1, 0.15) is 19.4 Å². The fourth-order valence-electron chi connectivity index (χ4n) is 2.96. The number of rotatable bonds is 7. The van der Waals surface area contributed by atoms with Crippen LogP contribution in [0.3, 0.4) is 0 Å². The van der Waals surface area contributed by atoms with Crippen LogP contribution in [0.15, 0.2) is 48.8 Å². The fourth-order valence-corrected chi connectivity index (χ4v) is 3.13. The molecule has 1 amide bonds. The number of carbonyl (C=O) groups is 1. The first-order chi connectivity index (χ1) is 12.6. The number of fused-ring (bicyclic) bond motifs is 1. The molecule has 0 aliphatic rings. The Labute approximate surface area is 158 Å². The number of nitrogens with one attached hydrogen (secondary N) is 1. The molecule has 2 heterocycles. The van der Waals surface area contributed by atoms with Gasteiger partial charge in [-0.25, -0.2) is 4.98 Å². The maximum atomic E-state index is 12.3. The number of halogens is 1. The Morgan fingerprint density at radius 1 is 1.19 bits per heavy atom. The summed E-state index contributed by atoms with van der Waals surface area (Å²) in [7, 11) is 0. The minimum absolute atomic E-state index is 0.0460. The molecular formula is C20H23ClN4O. The number of hydrogen-bond acceptors (Lipinski definition) is 3. The smallest absolute Gasteiger partial charge is 0.240 e. The topological polar surface area (TPSA) is 50.2 Å². The van der Waals surface area contributed by atoms with Crippen molar-refractivity contribution in [1.82, 2.24) is 14.9 Å². The molecule has 136 valence electrons. The number of benzene rings is 1. The van der Waals surface area contributed by atoms with Gasteiger partial charge in [-0.1, -0.05) is 23.7 Å². The Morgan fingerprint density at radius 2 is 2.00 bits per heavy atom. The number of amides is 1. The van der Waals surface area contributed by atoms with E-state index >= 15 is 0 Å². The van der Waals surface area contributed by atoms with Crippen LogP contribution in [0.2, 0.25) is 5.02 Å². The van der Waals surface area contributed by atoms with Crippen molar-refractivity contribution in [1.29, 1.82) is 0 Å². The van der Waals surface area contributed by atoms with Crippen molar-refractivity contribution < 1.29 is 4.79 Å². The van der Waals surface area contributed by atoms with Crippen LogP contribution in [0.25, 0.3) is 10.9 Å². The van der Waals surface area contributed by atoms with Crippen LogP contribution in [-0.4, -0.2) is 28.5 Å². The summed E-state index contributed by atoms with van der Waals surface area (Å²) < 4.78 is 1.90. The maximum absolute atomic E-state index is 12.3. The second-order valence-electron chi connectivity index (χ2n) is 6.12. The number of pyridine rings is 1. The molecule has 1 aromatic carbocycles. The Bertz CT molecular complexity index is 884. The summed E-state index contributed by atoms with van der Waals surface area (Å²) >= 11 is 6.06. The molecular weight excluding hydrogens is 348 g/mol. The highest BCUT2D eigenvalue weighted by Gasteiger charge is 2.08. The van der Waals surface area contributed by atoms with E-state index in [1.54, 1.807) is 0 Å². The first kappa shape index (κ1) is 18.3. The molecule has 3 rings (SSSR count). The fraction of sp³-hybridized carbons (Fsp3) is 0.300. The third kappa shape index (κ3) is 4.17. The summed E-state index contributed by atoms with van der Waals surface area (Å²) in [5.41, 5.74) is 1.94. The third-order valence-corrected chi connectivity index (χ3v) is 4.67. The van der Waals surface area contributed by atoms with Crippen molar-refractivity contribution in [2.75, 3.05) is 18.0 Å². The first-order valence-corrected chi connectivity index (χ1v) is 9.19. The van der Waals surface area contributed by atoms with Crippen molar-refractivity contribution in [2.45, 2.75) is 26.9 Å². The summed E-state index contributed by atoms with van der Waals surface area (Å²) in [5, 5.41) is 4.68. The van der Waals surface area contributed by atoms with Gasteiger partial charge in [0, 0.05) is 42.6 Å². The Morgan fingerprint density at radius 3 is 2.69 bits per heavy atom. The van der Waals surface area contributed by atoms with Gasteiger partial charge in [-0.05, 0) is 49.1 Å². The standard InChI is InChI=1S/C20H23ClN4O/c1-3-24(4-2)19-8-5-15(12-22-19)13-23-20(26)14-25-10-9-16-6-7-17(21)11-18(16)25/h5-12H,3-4,13-14H2,1-2H3,(H,23,26). The van der Waals surface area contributed by atoms with E-state index in [9.17, 15) is 4.79 Å². The van der Waals surface area contributed by atoms with Crippen LogP contribution >= 0.6 is 11.6 Å². The van der Waals surface area contributed by atoms with E-state index in [1.807, 2.05) is 53.4 Å². The van der Waals surface area contributed by atoms with Crippen LogP contribution in [0, 0.1) is 0 Å². The van der Waals surface area contributed by atoms with Gasteiger partial charge in [0.15, 0.2) is 0 Å². The van der Waals surface area contributed by atoms with Crippen LogP contribution in [0.4, 0.5) is 5.82 Å². The largest absolute Gasteiger partial charge is 0.357 e. The predicted molar refractivity (Wildman–Crippen MR) is 107 cm³/mol. The number of nitrogens with zero attached hydrogens (tertiary/aromatic N) is 3. The summed E-state index contributed by atoms with van der Waals surface area (Å²) in [6.45, 7) is 6.79. The Kier molecular flexibility index (Phi) is 5.78. The van der Waals surface area contributed by atoms with Crippen LogP contribution < -0.4 is 10.2 Å². The second kappa shape index (κ2) is 8.23. The molecule has 26 heavy (non-hydrogen) atoms. The van der Waals surface area contributed by atoms with Crippen molar-refractivity contribution in [2.24, 2.45) is 0 Å². The van der Waals surface area contributed by atoms with Gasteiger partial charge in [0.25, 0.3) is 0 Å². The molecule has 1 N–H and O–H groups in total. The molecule has 5 nitrogen and oxygen atoms in total. The molecule has 6 heteroatoms. The molecule has 2 aromatic heterocycles. The zero-order chi connectivity index (χ0) is 18.5. The van der Waals surface area contributed by atoms with E-state index in [4.69, 9.17) is 11.6 Å². The van der Waals surface area contributed by atoms with Gasteiger partial charge in [0.05, 0.1) is 0 Å². The van der Waals surface area contributed by atoms with Crippen molar-refractivity contribution >= 4 is 34.2 Å². The van der Waals surface area contributed by atoms with Gasteiger partial charge in [0.1, 0.15) is 12.4 Å². The number of carbonyl (C=O) groups excluding carboxylic acids is 1. The van der Waals surface area contributed by atoms with Gasteiger partial charge in [-0.15, -0.1) is 0 Å². The lowest BCUT2D eigenvalue weighted by atomic mass is 10.2. The monoisotopic (exact) mass is 370 g/mol. The zero-order valence-electron chi connectivity index (χ0n) is 15.1. The molecule has 0 unspecified atom stereocenters. The average molecular weight is 371 g/mol. The van der Waals surface area contributed by atoms with Crippen LogP contribution in [0.5, 0.6) is 0 Å². The lowest BCUT2D eigenvalue weighted by molar-refractivity contribution is -0.121. The molecule has 0 fully saturated rings. The third-order valence-electron chi connectivity index (χ3n) is 4.44. The Hall–Kier alpha value is -2.53. The number of aromatic nitrogens is 2. The molecule has 0 bridgehead atoms. The molecule has 0 radical (unpaired) electrons. The summed E-state index contributed by atoms with van der Waals surface area (Å²) in [6, 6.07) is 11.7. The van der Waals surface area contributed by atoms with Crippen LogP contribution in [-0.2, 0) is 17.9 Å².